The van der Waals surface area contributed by atoms with Gasteiger partial charge in [0.2, 0.25) is 0 Å². The fourth-order valence-electron chi connectivity index (χ4n) is 0.983. The van der Waals surface area contributed by atoms with Gasteiger partial charge in [0, 0.05) is 4.43 Å². The Morgan fingerprint density at radius 1 is 1.06 bits per heavy atom. The first kappa shape index (κ1) is 17.5. The molecule has 0 aliphatic carbocycles. The predicted molar refractivity (Wildman–Crippen MR) is 77.9 cm³/mol. The molecule has 0 heterocycles. The molecule has 1 atom stereocenters. The van der Waals surface area contributed by atoms with E-state index < -0.39 is 29.3 Å². The van der Waals surface area contributed by atoms with Gasteiger partial charge in [0.1, 0.15) is 17.2 Å². The monoisotopic (exact) mass is 371 g/mol. The van der Waals surface area contributed by atoms with Crippen LogP contribution in [0.2, 0.25) is 0 Å². The average molecular weight is 371 g/mol. The Labute approximate surface area is 122 Å². The largest absolute Gasteiger partial charge is 0.458 e. The zero-order valence-corrected chi connectivity index (χ0v) is 14.0. The molecular weight excluding hydrogens is 349 g/mol. The maximum absolute atomic E-state index is 11.8. The molecule has 0 spiro atoms. The van der Waals surface area contributed by atoms with Crippen LogP contribution in [0.1, 0.15) is 41.5 Å². The smallest absolute Gasteiger partial charge is 0.408 e. The molecule has 0 bridgehead atoms. The lowest BCUT2D eigenvalue weighted by molar-refractivity contribution is -0.156. The summed E-state index contributed by atoms with van der Waals surface area (Å²) in [6.45, 7) is 10.6. The van der Waals surface area contributed by atoms with E-state index in [-0.39, 0.29) is 0 Å². The SMILES string of the molecule is CC(C)(C)OC(=O)N[C@@H](CI)C(=O)OC(C)(C)C. The molecule has 0 saturated carbocycles. The van der Waals surface area contributed by atoms with Gasteiger partial charge in [-0.15, -0.1) is 0 Å². The fraction of sp³-hybridized carbons (Fsp3) is 0.833. The Bertz CT molecular complexity index is 304. The van der Waals surface area contributed by atoms with Crippen molar-refractivity contribution in [3.8, 4) is 0 Å². The number of hydrogen-bond acceptors (Lipinski definition) is 4. The first-order chi connectivity index (χ1) is 7.94. The second-order valence-corrected chi connectivity index (χ2v) is 6.77. The van der Waals surface area contributed by atoms with E-state index in [0.29, 0.717) is 4.43 Å². The lowest BCUT2D eigenvalue weighted by Crippen LogP contribution is -2.46. The van der Waals surface area contributed by atoms with Gasteiger partial charge in [-0.25, -0.2) is 9.59 Å². The van der Waals surface area contributed by atoms with E-state index in [4.69, 9.17) is 9.47 Å². The minimum atomic E-state index is -0.695. The number of halogens is 1. The number of ether oxygens (including phenoxy) is 2. The number of esters is 1. The van der Waals surface area contributed by atoms with Crippen molar-refractivity contribution in [2.45, 2.75) is 58.8 Å². The Morgan fingerprint density at radius 3 is 1.83 bits per heavy atom. The number of rotatable bonds is 3. The standard InChI is InChI=1S/C12H22INO4/c1-11(2,3)17-9(15)8(7-13)14-10(16)18-12(4,5)6/h8H,7H2,1-6H3,(H,14,16)/t8-/m0/s1. The number of amides is 1. The summed E-state index contributed by atoms with van der Waals surface area (Å²) in [6, 6.07) is -0.695. The predicted octanol–water partition coefficient (Wildman–Crippen LogP) is 2.66. The number of carbonyl (C=O) groups is 2. The Kier molecular flexibility index (Phi) is 6.39. The molecule has 0 unspecified atom stereocenters. The zero-order chi connectivity index (χ0) is 14.6. The molecule has 5 nitrogen and oxygen atoms in total. The first-order valence-electron chi connectivity index (χ1n) is 5.73. The van der Waals surface area contributed by atoms with Gasteiger partial charge in [-0.3, -0.25) is 0 Å². The van der Waals surface area contributed by atoms with Gasteiger partial charge < -0.3 is 14.8 Å². The summed E-state index contributed by atoms with van der Waals surface area (Å²) in [4.78, 5) is 23.3. The highest BCUT2D eigenvalue weighted by Gasteiger charge is 2.27. The number of hydrogen-bond donors (Lipinski definition) is 1. The van der Waals surface area contributed by atoms with Crippen LogP contribution in [0.5, 0.6) is 0 Å². The summed E-state index contributed by atoms with van der Waals surface area (Å²) >= 11 is 2.02. The van der Waals surface area contributed by atoms with E-state index in [1.165, 1.54) is 0 Å². The number of alkyl carbamates (subject to hydrolysis) is 1. The van der Waals surface area contributed by atoms with Gasteiger partial charge in [-0.2, -0.15) is 0 Å². The molecule has 1 amide bonds. The third-order valence-electron chi connectivity index (χ3n) is 1.54. The molecule has 18 heavy (non-hydrogen) atoms. The topological polar surface area (TPSA) is 64.6 Å². The Hall–Kier alpha value is -0.530. The van der Waals surface area contributed by atoms with Gasteiger partial charge in [-0.1, -0.05) is 22.6 Å². The zero-order valence-electron chi connectivity index (χ0n) is 11.8. The fourth-order valence-corrected chi connectivity index (χ4v) is 1.56. The Morgan fingerprint density at radius 2 is 1.50 bits per heavy atom. The molecule has 0 aliphatic rings. The van der Waals surface area contributed by atoms with Crippen LogP contribution in [-0.2, 0) is 14.3 Å². The van der Waals surface area contributed by atoms with Crippen LogP contribution < -0.4 is 5.32 Å². The molecule has 0 aliphatic heterocycles. The normalized spacial score (nSPS) is 13.7. The van der Waals surface area contributed by atoms with Crippen molar-refractivity contribution in [3.63, 3.8) is 0 Å². The molecule has 0 aromatic heterocycles. The summed E-state index contributed by atoms with van der Waals surface area (Å²) in [5.74, 6) is -0.456. The number of nitrogens with one attached hydrogen (secondary N) is 1. The number of alkyl halides is 1. The van der Waals surface area contributed by atoms with E-state index in [1.54, 1.807) is 41.5 Å². The third kappa shape index (κ3) is 8.54. The molecule has 0 saturated heterocycles. The maximum Gasteiger partial charge on any atom is 0.408 e. The van der Waals surface area contributed by atoms with Gasteiger partial charge in [0.15, 0.2) is 0 Å². The van der Waals surface area contributed by atoms with E-state index in [2.05, 4.69) is 5.32 Å². The van der Waals surface area contributed by atoms with Gasteiger partial charge in [0.05, 0.1) is 0 Å². The van der Waals surface area contributed by atoms with E-state index in [0.717, 1.165) is 0 Å². The van der Waals surface area contributed by atoms with Crippen LogP contribution in [0.25, 0.3) is 0 Å². The van der Waals surface area contributed by atoms with Crippen molar-refractivity contribution >= 4 is 34.7 Å². The molecule has 1 N–H and O–H groups in total. The average Bonchev–Trinajstić information content (AvgIpc) is 2.07. The van der Waals surface area contributed by atoms with Crippen LogP contribution in [0.3, 0.4) is 0 Å². The lowest BCUT2D eigenvalue weighted by Gasteiger charge is -2.25. The van der Waals surface area contributed by atoms with Crippen LogP contribution in [0.15, 0.2) is 0 Å². The van der Waals surface area contributed by atoms with Crippen LogP contribution in [0.4, 0.5) is 4.79 Å². The second kappa shape index (κ2) is 6.58. The molecule has 0 aromatic carbocycles. The van der Waals surface area contributed by atoms with Crippen molar-refractivity contribution in [2.24, 2.45) is 0 Å². The molecule has 0 fully saturated rings. The summed E-state index contributed by atoms with van der Waals surface area (Å²) < 4.78 is 10.7. The van der Waals surface area contributed by atoms with Crippen LogP contribution in [-0.4, -0.2) is 33.7 Å². The first-order valence-corrected chi connectivity index (χ1v) is 7.25. The molecule has 6 heteroatoms. The van der Waals surface area contributed by atoms with E-state index >= 15 is 0 Å². The quantitative estimate of drug-likeness (QED) is 0.471. The summed E-state index contributed by atoms with van der Waals surface area (Å²) in [5.41, 5.74) is -1.16. The minimum Gasteiger partial charge on any atom is -0.458 e. The second-order valence-electron chi connectivity index (χ2n) is 5.89. The molecular formula is C12H22INO4. The molecule has 106 valence electrons. The van der Waals surface area contributed by atoms with Gasteiger partial charge in [0.25, 0.3) is 0 Å². The van der Waals surface area contributed by atoms with Crippen molar-refractivity contribution in [1.29, 1.82) is 0 Å². The highest BCUT2D eigenvalue weighted by Crippen LogP contribution is 2.11. The van der Waals surface area contributed by atoms with Crippen molar-refractivity contribution in [3.05, 3.63) is 0 Å². The van der Waals surface area contributed by atoms with Crippen molar-refractivity contribution in [1.82, 2.24) is 5.32 Å². The van der Waals surface area contributed by atoms with Gasteiger partial charge in [-0.05, 0) is 41.5 Å². The maximum atomic E-state index is 11.8. The Balaban J connectivity index is 4.44. The summed E-state index contributed by atoms with van der Waals surface area (Å²) in [5, 5.41) is 2.50. The van der Waals surface area contributed by atoms with E-state index in [1.807, 2.05) is 22.6 Å². The highest BCUT2D eigenvalue weighted by atomic mass is 127. The third-order valence-corrected chi connectivity index (χ3v) is 2.42. The summed E-state index contributed by atoms with van der Waals surface area (Å²) in [6.07, 6.45) is -0.616. The lowest BCUT2D eigenvalue weighted by atomic mass is 10.2. The number of carbonyl (C=O) groups excluding carboxylic acids is 2. The molecule has 0 radical (unpaired) electrons. The van der Waals surface area contributed by atoms with E-state index in [9.17, 15) is 9.59 Å². The highest BCUT2D eigenvalue weighted by molar-refractivity contribution is 14.1. The van der Waals surface area contributed by atoms with Crippen LogP contribution >= 0.6 is 22.6 Å². The van der Waals surface area contributed by atoms with Crippen LogP contribution in [0, 0.1) is 0 Å². The van der Waals surface area contributed by atoms with Gasteiger partial charge >= 0.3 is 12.1 Å². The summed E-state index contributed by atoms with van der Waals surface area (Å²) in [7, 11) is 0. The van der Waals surface area contributed by atoms with Crippen molar-refractivity contribution in [2.75, 3.05) is 4.43 Å². The molecule has 0 rings (SSSR count). The van der Waals surface area contributed by atoms with Crippen molar-refractivity contribution < 1.29 is 19.1 Å². The minimum absolute atomic E-state index is 0.423. The molecule has 0 aromatic rings.